The minimum Gasteiger partial charge on any atom is -0.481 e. The number of allylic oxidation sites excluding steroid dienone is 2. The number of carbonyl (C=O) groups excluding carboxylic acids is 1. The number of carbonyl (C=O) groups is 2. The Balaban J connectivity index is 1.95. The van der Waals surface area contributed by atoms with Gasteiger partial charge in [-0.25, -0.2) is 0 Å². The Morgan fingerprint density at radius 3 is 2.47 bits per heavy atom. The fraction of sp³-hybridized carbons (Fsp3) is 0.357. The second kappa shape index (κ2) is 6.13. The van der Waals surface area contributed by atoms with Crippen LogP contribution in [0.3, 0.4) is 0 Å². The zero-order valence-electron chi connectivity index (χ0n) is 10.5. The minimum absolute atomic E-state index is 0.200. The number of pyridine rings is 1. The van der Waals surface area contributed by atoms with Crippen molar-refractivity contribution in [3.8, 4) is 0 Å². The molecule has 2 rings (SSSR count). The largest absolute Gasteiger partial charge is 0.481 e. The highest BCUT2D eigenvalue weighted by atomic mass is 16.4. The normalized spacial score (nSPS) is 21.9. The predicted octanol–water partition coefficient (Wildman–Crippen LogP) is 1.36. The molecule has 1 aliphatic rings. The van der Waals surface area contributed by atoms with Gasteiger partial charge in [0.15, 0.2) is 0 Å². The van der Waals surface area contributed by atoms with E-state index in [0.29, 0.717) is 19.4 Å². The number of aliphatic carboxylic acids is 1. The maximum absolute atomic E-state index is 12.1. The Morgan fingerprint density at radius 2 is 1.84 bits per heavy atom. The van der Waals surface area contributed by atoms with Crippen LogP contribution in [0.25, 0.3) is 0 Å². The van der Waals surface area contributed by atoms with E-state index in [9.17, 15) is 9.59 Å². The SMILES string of the molecule is O=C(O)C1CC=CCC1C(=O)NCc1ccncc1. The molecule has 1 amide bonds. The molecule has 5 nitrogen and oxygen atoms in total. The summed E-state index contributed by atoms with van der Waals surface area (Å²) in [5.74, 6) is -2.21. The standard InChI is InChI=1S/C14H16N2O3/c17-13(16-9-10-5-7-15-8-6-10)11-3-1-2-4-12(11)14(18)19/h1-2,5-8,11-12H,3-4,9H2,(H,16,17)(H,18,19). The molecule has 1 aliphatic carbocycles. The highest BCUT2D eigenvalue weighted by Crippen LogP contribution is 2.26. The van der Waals surface area contributed by atoms with Gasteiger partial charge in [-0.2, -0.15) is 0 Å². The monoisotopic (exact) mass is 260 g/mol. The Morgan fingerprint density at radius 1 is 1.21 bits per heavy atom. The van der Waals surface area contributed by atoms with Crippen molar-refractivity contribution in [3.05, 3.63) is 42.2 Å². The lowest BCUT2D eigenvalue weighted by Crippen LogP contribution is -2.38. The fourth-order valence-electron chi connectivity index (χ4n) is 2.20. The topological polar surface area (TPSA) is 79.3 Å². The van der Waals surface area contributed by atoms with E-state index in [1.165, 1.54) is 0 Å². The third-order valence-corrected chi connectivity index (χ3v) is 3.30. The molecule has 1 aromatic heterocycles. The first kappa shape index (κ1) is 13.3. The summed E-state index contributed by atoms with van der Waals surface area (Å²) in [4.78, 5) is 27.1. The van der Waals surface area contributed by atoms with E-state index in [-0.39, 0.29) is 5.91 Å². The van der Waals surface area contributed by atoms with Gasteiger partial charge in [-0.3, -0.25) is 14.6 Å². The number of rotatable bonds is 4. The van der Waals surface area contributed by atoms with Crippen LogP contribution in [0.2, 0.25) is 0 Å². The molecule has 5 heteroatoms. The van der Waals surface area contributed by atoms with Gasteiger partial charge in [-0.1, -0.05) is 12.2 Å². The van der Waals surface area contributed by atoms with Crippen molar-refractivity contribution in [2.45, 2.75) is 19.4 Å². The summed E-state index contributed by atoms with van der Waals surface area (Å²) in [6, 6.07) is 3.63. The Kier molecular flexibility index (Phi) is 4.28. The van der Waals surface area contributed by atoms with Crippen LogP contribution in [0.4, 0.5) is 0 Å². The molecule has 0 saturated heterocycles. The lowest BCUT2D eigenvalue weighted by molar-refractivity contribution is -0.147. The van der Waals surface area contributed by atoms with Crippen molar-refractivity contribution >= 4 is 11.9 Å². The van der Waals surface area contributed by atoms with Crippen LogP contribution in [-0.4, -0.2) is 22.0 Å². The van der Waals surface area contributed by atoms with Crippen LogP contribution in [-0.2, 0) is 16.1 Å². The molecule has 0 aliphatic heterocycles. The van der Waals surface area contributed by atoms with Crippen molar-refractivity contribution in [2.75, 3.05) is 0 Å². The van der Waals surface area contributed by atoms with Crippen molar-refractivity contribution < 1.29 is 14.7 Å². The summed E-state index contributed by atoms with van der Waals surface area (Å²) >= 11 is 0. The number of carboxylic acid groups (broad SMARTS) is 1. The van der Waals surface area contributed by atoms with E-state index in [1.807, 2.05) is 24.3 Å². The molecular formula is C14H16N2O3. The molecule has 2 unspecified atom stereocenters. The third-order valence-electron chi connectivity index (χ3n) is 3.30. The molecule has 0 saturated carbocycles. The second-order valence-electron chi connectivity index (χ2n) is 4.57. The molecule has 2 N–H and O–H groups in total. The van der Waals surface area contributed by atoms with Crippen molar-refractivity contribution in [1.82, 2.24) is 10.3 Å². The molecule has 0 aromatic carbocycles. The van der Waals surface area contributed by atoms with E-state index < -0.39 is 17.8 Å². The van der Waals surface area contributed by atoms with E-state index >= 15 is 0 Å². The summed E-state index contributed by atoms with van der Waals surface area (Å²) in [7, 11) is 0. The number of aromatic nitrogens is 1. The molecule has 0 bridgehead atoms. The number of hydrogen-bond donors (Lipinski definition) is 2. The molecule has 100 valence electrons. The smallest absolute Gasteiger partial charge is 0.307 e. The van der Waals surface area contributed by atoms with Gasteiger partial charge >= 0.3 is 5.97 Å². The van der Waals surface area contributed by atoms with Crippen LogP contribution in [0.1, 0.15) is 18.4 Å². The first-order chi connectivity index (χ1) is 9.18. The highest BCUT2D eigenvalue weighted by Gasteiger charge is 2.33. The van der Waals surface area contributed by atoms with Crippen LogP contribution >= 0.6 is 0 Å². The first-order valence-electron chi connectivity index (χ1n) is 6.23. The molecule has 1 heterocycles. The number of hydrogen-bond acceptors (Lipinski definition) is 3. The lowest BCUT2D eigenvalue weighted by Gasteiger charge is -2.24. The number of carboxylic acids is 1. The van der Waals surface area contributed by atoms with Gasteiger partial charge < -0.3 is 10.4 Å². The number of nitrogens with one attached hydrogen (secondary N) is 1. The number of amides is 1. The molecule has 0 radical (unpaired) electrons. The summed E-state index contributed by atoms with van der Waals surface area (Å²) in [6.07, 6.45) is 7.92. The van der Waals surface area contributed by atoms with Gasteiger partial charge in [-0.15, -0.1) is 0 Å². The van der Waals surface area contributed by atoms with E-state index in [2.05, 4.69) is 10.3 Å². The molecule has 0 spiro atoms. The minimum atomic E-state index is -0.909. The van der Waals surface area contributed by atoms with Gasteiger partial charge in [0.2, 0.25) is 5.91 Å². The van der Waals surface area contributed by atoms with Gasteiger partial charge in [0.1, 0.15) is 0 Å². The van der Waals surface area contributed by atoms with Crippen LogP contribution < -0.4 is 5.32 Å². The summed E-state index contributed by atoms with van der Waals surface area (Å²) in [6.45, 7) is 0.397. The zero-order valence-corrected chi connectivity index (χ0v) is 10.5. The Labute approximate surface area is 111 Å². The third kappa shape index (κ3) is 3.40. The Bertz CT molecular complexity index is 485. The molecular weight excluding hydrogens is 244 g/mol. The first-order valence-corrected chi connectivity index (χ1v) is 6.23. The van der Waals surface area contributed by atoms with Crippen molar-refractivity contribution in [3.63, 3.8) is 0 Å². The van der Waals surface area contributed by atoms with Crippen LogP contribution in [0, 0.1) is 11.8 Å². The van der Waals surface area contributed by atoms with Gasteiger partial charge in [0, 0.05) is 18.9 Å². The second-order valence-corrected chi connectivity index (χ2v) is 4.57. The van der Waals surface area contributed by atoms with Crippen molar-refractivity contribution in [1.29, 1.82) is 0 Å². The van der Waals surface area contributed by atoms with Crippen LogP contribution in [0.5, 0.6) is 0 Å². The quantitative estimate of drug-likeness (QED) is 0.801. The average Bonchev–Trinajstić information content (AvgIpc) is 2.46. The van der Waals surface area contributed by atoms with E-state index in [4.69, 9.17) is 5.11 Å². The molecule has 1 aromatic rings. The van der Waals surface area contributed by atoms with Gasteiger partial charge in [0.05, 0.1) is 11.8 Å². The highest BCUT2D eigenvalue weighted by molar-refractivity contribution is 5.85. The molecule has 0 fully saturated rings. The molecule has 2 atom stereocenters. The summed E-state index contributed by atoms with van der Waals surface area (Å²) in [5.41, 5.74) is 0.946. The Hall–Kier alpha value is -2.17. The number of nitrogens with zero attached hydrogens (tertiary/aromatic N) is 1. The maximum Gasteiger partial charge on any atom is 0.307 e. The lowest BCUT2D eigenvalue weighted by atomic mass is 9.82. The summed E-state index contributed by atoms with van der Waals surface area (Å²) < 4.78 is 0. The average molecular weight is 260 g/mol. The van der Waals surface area contributed by atoms with E-state index in [0.717, 1.165) is 5.56 Å². The van der Waals surface area contributed by atoms with Crippen molar-refractivity contribution in [2.24, 2.45) is 11.8 Å². The summed E-state index contributed by atoms with van der Waals surface area (Å²) in [5, 5.41) is 11.9. The zero-order chi connectivity index (χ0) is 13.7. The van der Waals surface area contributed by atoms with Gasteiger partial charge in [0.25, 0.3) is 0 Å². The fourth-order valence-corrected chi connectivity index (χ4v) is 2.20. The maximum atomic E-state index is 12.1. The van der Waals surface area contributed by atoms with E-state index in [1.54, 1.807) is 12.4 Å². The molecule has 19 heavy (non-hydrogen) atoms. The van der Waals surface area contributed by atoms with Crippen LogP contribution in [0.15, 0.2) is 36.7 Å². The van der Waals surface area contributed by atoms with Gasteiger partial charge in [-0.05, 0) is 30.5 Å². The predicted molar refractivity (Wildman–Crippen MR) is 69.1 cm³/mol.